The zero-order valence-electron chi connectivity index (χ0n) is 22.5. The van der Waals surface area contributed by atoms with E-state index in [-0.39, 0.29) is 51.6 Å². The van der Waals surface area contributed by atoms with Gasteiger partial charge in [0.05, 0.1) is 11.9 Å². The highest BCUT2D eigenvalue weighted by Crippen LogP contribution is 2.41. The maximum atomic E-state index is 13.0. The van der Waals surface area contributed by atoms with Gasteiger partial charge in [0.1, 0.15) is 0 Å². The number of carbonyl (C=O) groups is 2. The van der Waals surface area contributed by atoms with Gasteiger partial charge in [0.15, 0.2) is 11.3 Å². The van der Waals surface area contributed by atoms with Crippen LogP contribution in [-0.4, -0.2) is 57.9 Å². The lowest BCUT2D eigenvalue weighted by atomic mass is 9.85. The van der Waals surface area contributed by atoms with E-state index in [4.69, 9.17) is 11.5 Å². The quantitative estimate of drug-likeness (QED) is 0.0799. The summed E-state index contributed by atoms with van der Waals surface area (Å²) in [5.41, 5.74) is 13.0. The average molecular weight is 529 g/mol. The summed E-state index contributed by atoms with van der Waals surface area (Å²) >= 11 is 0. The number of rotatable bonds is 20. The van der Waals surface area contributed by atoms with Gasteiger partial charge in [0.25, 0.3) is 0 Å². The normalized spacial score (nSPS) is 16.4. The third kappa shape index (κ3) is 12.4. The second-order valence-corrected chi connectivity index (χ2v) is 13.1. The highest BCUT2D eigenvalue weighted by atomic mass is 31.1. The summed E-state index contributed by atoms with van der Waals surface area (Å²) in [7, 11) is -0.112. The molecule has 0 aliphatic heterocycles. The number of aliphatic hydroxyl groups excluding tert-OH is 2. The fourth-order valence-electron chi connectivity index (χ4n) is 4.18. The number of hydrogen-bond donors (Lipinski definition) is 4. The van der Waals surface area contributed by atoms with Crippen LogP contribution in [-0.2, 0) is 9.59 Å². The van der Waals surface area contributed by atoms with Crippen molar-refractivity contribution in [2.24, 2.45) is 23.3 Å². The Balaban J connectivity index is 5.42. The highest BCUT2D eigenvalue weighted by molar-refractivity contribution is 7.59. The molecule has 0 rings (SSSR count). The summed E-state index contributed by atoms with van der Waals surface area (Å²) < 4.78 is 0. The topological polar surface area (TPSA) is 127 Å². The van der Waals surface area contributed by atoms with E-state index in [2.05, 4.69) is 13.2 Å². The van der Waals surface area contributed by atoms with E-state index in [9.17, 15) is 19.8 Å². The molecular formula is C27H50N2O4P2. The molecule has 0 radical (unpaired) electrons. The lowest BCUT2D eigenvalue weighted by Gasteiger charge is -2.34. The van der Waals surface area contributed by atoms with E-state index in [0.29, 0.717) is 31.5 Å². The fraction of sp³-hybridized carbons (Fsp3) is 0.704. The Kier molecular flexibility index (Phi) is 18.1. The van der Waals surface area contributed by atoms with Gasteiger partial charge in [-0.25, -0.2) is 0 Å². The van der Waals surface area contributed by atoms with Gasteiger partial charge in [-0.1, -0.05) is 54.5 Å². The van der Waals surface area contributed by atoms with Crippen LogP contribution >= 0.6 is 17.2 Å². The predicted molar refractivity (Wildman–Crippen MR) is 154 cm³/mol. The van der Waals surface area contributed by atoms with Crippen molar-refractivity contribution >= 4 is 28.5 Å². The van der Waals surface area contributed by atoms with Gasteiger partial charge >= 0.3 is 0 Å². The SMILES string of the molecule is C=CC(=O)C(CCCCN)PC(O)C(C(=C)C(O)C(C)PC(=O)C(CCCCN)=C(C)C)C(C)C. The highest BCUT2D eigenvalue weighted by Gasteiger charge is 2.34. The molecule has 35 heavy (non-hydrogen) atoms. The van der Waals surface area contributed by atoms with Gasteiger partial charge in [-0.15, -0.1) is 0 Å². The number of nitrogens with two attached hydrogens (primary N) is 2. The smallest absolute Gasteiger partial charge is 0.177 e. The van der Waals surface area contributed by atoms with E-state index in [1.807, 2.05) is 34.6 Å². The zero-order chi connectivity index (χ0) is 27.1. The molecule has 0 saturated carbocycles. The minimum absolute atomic E-state index is 0.0130. The van der Waals surface area contributed by atoms with Crippen molar-refractivity contribution < 1.29 is 19.8 Å². The van der Waals surface area contributed by atoms with Crippen molar-refractivity contribution in [2.75, 3.05) is 13.1 Å². The van der Waals surface area contributed by atoms with E-state index < -0.39 is 11.9 Å². The molecule has 7 unspecified atom stereocenters. The number of aliphatic hydroxyl groups is 2. The Bertz CT molecular complexity index is 720. The van der Waals surface area contributed by atoms with Crippen molar-refractivity contribution in [3.8, 4) is 0 Å². The fourth-order valence-corrected chi connectivity index (χ4v) is 7.38. The molecule has 202 valence electrons. The molecule has 0 aromatic heterocycles. The Morgan fingerprint density at radius 1 is 1.00 bits per heavy atom. The molecule has 8 heteroatoms. The molecule has 0 spiro atoms. The average Bonchev–Trinajstić information content (AvgIpc) is 2.79. The van der Waals surface area contributed by atoms with Crippen LogP contribution < -0.4 is 11.5 Å². The van der Waals surface area contributed by atoms with Crippen molar-refractivity contribution in [1.82, 2.24) is 0 Å². The molecule has 0 saturated heterocycles. The van der Waals surface area contributed by atoms with Crippen molar-refractivity contribution in [3.63, 3.8) is 0 Å². The van der Waals surface area contributed by atoms with Crippen LogP contribution in [0.2, 0.25) is 0 Å². The summed E-state index contributed by atoms with van der Waals surface area (Å²) in [5.74, 6) is -1.25. The Morgan fingerprint density at radius 2 is 1.57 bits per heavy atom. The van der Waals surface area contributed by atoms with Crippen molar-refractivity contribution in [2.45, 2.75) is 96.4 Å². The van der Waals surface area contributed by atoms with Crippen LogP contribution in [0.3, 0.4) is 0 Å². The third-order valence-electron chi connectivity index (χ3n) is 6.32. The van der Waals surface area contributed by atoms with Crippen molar-refractivity contribution in [3.05, 3.63) is 36.0 Å². The Morgan fingerprint density at radius 3 is 2.06 bits per heavy atom. The maximum Gasteiger partial charge on any atom is 0.177 e. The van der Waals surface area contributed by atoms with E-state index >= 15 is 0 Å². The molecule has 0 aliphatic carbocycles. The van der Waals surface area contributed by atoms with Crippen LogP contribution in [0, 0.1) is 11.8 Å². The van der Waals surface area contributed by atoms with Crippen LogP contribution in [0.25, 0.3) is 0 Å². The number of carbonyl (C=O) groups excluding carboxylic acids is 2. The Labute approximate surface area is 217 Å². The minimum Gasteiger partial charge on any atom is -0.388 e. The van der Waals surface area contributed by atoms with Gasteiger partial charge in [-0.05, 0) is 90.8 Å². The number of ketones is 1. The van der Waals surface area contributed by atoms with Crippen LogP contribution in [0.5, 0.6) is 0 Å². The second kappa shape index (κ2) is 18.5. The zero-order valence-corrected chi connectivity index (χ0v) is 24.5. The van der Waals surface area contributed by atoms with E-state index in [1.165, 1.54) is 6.08 Å². The first-order valence-corrected chi connectivity index (χ1v) is 15.0. The maximum absolute atomic E-state index is 13.0. The van der Waals surface area contributed by atoms with E-state index in [1.54, 1.807) is 0 Å². The molecule has 7 atom stereocenters. The van der Waals surface area contributed by atoms with Gasteiger partial charge < -0.3 is 21.7 Å². The summed E-state index contributed by atoms with van der Waals surface area (Å²) in [6.45, 7) is 18.6. The first kappa shape index (κ1) is 34.3. The summed E-state index contributed by atoms with van der Waals surface area (Å²) in [5, 5.41) is 22.3. The number of allylic oxidation sites excluding steroid dienone is 3. The molecule has 0 heterocycles. The molecule has 0 bridgehead atoms. The Hall–Kier alpha value is -0.740. The van der Waals surface area contributed by atoms with Crippen LogP contribution in [0.1, 0.15) is 73.1 Å². The largest absolute Gasteiger partial charge is 0.388 e. The first-order chi connectivity index (χ1) is 16.4. The van der Waals surface area contributed by atoms with E-state index in [0.717, 1.165) is 36.8 Å². The lowest BCUT2D eigenvalue weighted by molar-refractivity contribution is -0.114. The van der Waals surface area contributed by atoms with Crippen LogP contribution in [0.4, 0.5) is 0 Å². The monoisotopic (exact) mass is 528 g/mol. The second-order valence-electron chi connectivity index (χ2n) is 9.83. The van der Waals surface area contributed by atoms with Gasteiger partial charge in [0.2, 0.25) is 0 Å². The standard InChI is InChI=1S/C27H50N2O4P2/c1-8-22(30)23(14-10-12-16-29)35-27(33)24(18(4)5)19(6)25(31)20(7)34-26(32)21(17(2)3)13-9-11-15-28/h8,18,20,23-25,27,31,33-35H,1,6,9-16,28-29H2,2-5,7H3. The predicted octanol–water partition coefficient (Wildman–Crippen LogP) is 4.48. The number of hydrogen-bond acceptors (Lipinski definition) is 6. The number of unbranched alkanes of at least 4 members (excludes halogenated alkanes) is 2. The molecule has 0 aromatic carbocycles. The van der Waals surface area contributed by atoms with Gasteiger partial charge in [0, 0.05) is 17.2 Å². The summed E-state index contributed by atoms with van der Waals surface area (Å²) in [6.07, 6.45) is 5.14. The lowest BCUT2D eigenvalue weighted by Crippen LogP contribution is -2.34. The van der Waals surface area contributed by atoms with Crippen LogP contribution in [0.15, 0.2) is 36.0 Å². The third-order valence-corrected chi connectivity index (χ3v) is 9.33. The molecule has 6 N–H and O–H groups in total. The van der Waals surface area contributed by atoms with Gasteiger partial charge in [-0.3, -0.25) is 9.59 Å². The summed E-state index contributed by atoms with van der Waals surface area (Å²) in [6, 6.07) is 0. The molecule has 0 aliphatic rings. The molecule has 0 fully saturated rings. The van der Waals surface area contributed by atoms with Crippen molar-refractivity contribution in [1.29, 1.82) is 0 Å². The molecule has 0 aromatic rings. The molecule has 0 amide bonds. The first-order valence-electron chi connectivity index (χ1n) is 12.8. The minimum atomic E-state index is -0.919. The molecular weight excluding hydrogens is 478 g/mol. The summed E-state index contributed by atoms with van der Waals surface area (Å²) in [4.78, 5) is 25.4. The van der Waals surface area contributed by atoms with Gasteiger partial charge in [-0.2, -0.15) is 0 Å². The molecule has 6 nitrogen and oxygen atoms in total.